The zero-order chi connectivity index (χ0) is 19.3. The van der Waals surface area contributed by atoms with Gasteiger partial charge in [0, 0.05) is 36.7 Å². The molecular formula is C17H27N3O6S. The van der Waals surface area contributed by atoms with E-state index in [2.05, 4.69) is 5.32 Å². The number of carbonyl (C=O) groups excluding carboxylic acids is 2. The molecule has 2 amide bonds. The zero-order valence-corrected chi connectivity index (χ0v) is 16.6. The van der Waals surface area contributed by atoms with Crippen LogP contribution in [0.5, 0.6) is 0 Å². The van der Waals surface area contributed by atoms with Gasteiger partial charge >= 0.3 is 5.97 Å². The average Bonchev–Trinajstić information content (AvgIpc) is 3.09. The summed E-state index contributed by atoms with van der Waals surface area (Å²) in [4.78, 5) is 39.8. The molecular weight excluding hydrogens is 374 g/mol. The predicted molar refractivity (Wildman–Crippen MR) is 99.7 cm³/mol. The molecule has 0 spiro atoms. The highest BCUT2D eigenvalue weighted by Gasteiger charge is 2.60. The number of fused-ring (bicyclic) bond motifs is 1. The van der Waals surface area contributed by atoms with Crippen molar-refractivity contribution in [2.45, 2.75) is 43.7 Å². The van der Waals surface area contributed by atoms with E-state index < -0.39 is 18.0 Å². The Hall–Kier alpha value is -1.62. The van der Waals surface area contributed by atoms with Gasteiger partial charge in [-0.05, 0) is 13.3 Å². The van der Waals surface area contributed by atoms with E-state index in [4.69, 9.17) is 0 Å². The van der Waals surface area contributed by atoms with Gasteiger partial charge in [-0.1, -0.05) is 6.92 Å². The molecule has 6 atom stereocenters. The van der Waals surface area contributed by atoms with Gasteiger partial charge < -0.3 is 30.8 Å². The lowest BCUT2D eigenvalue weighted by Crippen LogP contribution is -2.63. The molecule has 27 heavy (non-hydrogen) atoms. The van der Waals surface area contributed by atoms with Crippen molar-refractivity contribution in [3.63, 3.8) is 0 Å². The smallest absolute Gasteiger partial charge is 0.353 e. The first-order valence-electron chi connectivity index (χ1n) is 8.75. The maximum atomic E-state index is 12.3. The number of likely N-dealkylation sites (N-methyl/N-ethyl adjacent to an activating group) is 1. The molecule has 2 fully saturated rings. The first kappa shape index (κ1) is 21.7. The lowest BCUT2D eigenvalue weighted by Gasteiger charge is -2.46. The predicted octanol–water partition coefficient (Wildman–Crippen LogP) is -1.13. The third kappa shape index (κ3) is 3.46. The number of aliphatic hydroxyl groups excluding tert-OH is 1. The normalized spacial score (nSPS) is 33.3. The molecule has 0 aromatic heterocycles. The molecule has 0 bridgehead atoms. The molecule has 0 aromatic carbocycles. The first-order valence-corrected chi connectivity index (χ1v) is 9.62. The van der Waals surface area contributed by atoms with Crippen molar-refractivity contribution in [3.8, 4) is 0 Å². The van der Waals surface area contributed by atoms with Gasteiger partial charge in [-0.15, -0.1) is 11.8 Å². The molecule has 3 heterocycles. The Morgan fingerprint density at radius 1 is 1.37 bits per heavy atom. The third-order valence-corrected chi connectivity index (χ3v) is 6.95. The molecule has 0 aromatic rings. The number of amides is 2. The number of β-lactam (4-membered cyclic amide) rings is 1. The van der Waals surface area contributed by atoms with Crippen LogP contribution in [0.4, 0.5) is 0 Å². The van der Waals surface area contributed by atoms with Crippen molar-refractivity contribution < 1.29 is 30.1 Å². The van der Waals surface area contributed by atoms with E-state index in [0.717, 1.165) is 0 Å². The zero-order valence-electron chi connectivity index (χ0n) is 15.8. The average molecular weight is 401 g/mol. The topological polar surface area (TPSA) is 142 Å². The number of rotatable bonds is 5. The number of carboxylic acids is 1. The summed E-state index contributed by atoms with van der Waals surface area (Å²) >= 11 is 1.45. The SMILES string of the molecule is CC(O)[C@H]1C(=O)N2C(C(=O)O)=C(S[C@@H]3CN[C@H](C(=O)N(C)C)C3)[C@H](C)[C@H]12.O. The molecule has 0 aliphatic carbocycles. The fourth-order valence-corrected chi connectivity index (χ4v) is 5.63. The quantitative estimate of drug-likeness (QED) is 0.495. The highest BCUT2D eigenvalue weighted by Crippen LogP contribution is 2.51. The van der Waals surface area contributed by atoms with Crippen LogP contribution in [0.25, 0.3) is 0 Å². The number of carbonyl (C=O) groups is 3. The first-order chi connectivity index (χ1) is 12.1. The standard InChI is InChI=1S/C17H25N3O5S.H2O/c1-7-12-11(8(2)21)16(23)20(12)13(17(24)25)14(7)26-9-5-10(18-6-9)15(22)19(3)4;/h7-12,18,21H,5-6H2,1-4H3,(H,24,25);1H2/t7-,8?,9+,10+,11-,12-;/m1./s1. The van der Waals surface area contributed by atoms with Crippen molar-refractivity contribution in [1.82, 2.24) is 15.1 Å². The summed E-state index contributed by atoms with van der Waals surface area (Å²) in [6, 6.07) is -0.568. The molecule has 10 heteroatoms. The number of aliphatic carboxylic acids is 1. The Morgan fingerprint density at radius 3 is 2.52 bits per heavy atom. The molecule has 3 aliphatic rings. The van der Waals surface area contributed by atoms with Crippen LogP contribution in [0, 0.1) is 11.8 Å². The van der Waals surface area contributed by atoms with Gasteiger partial charge in [0.1, 0.15) is 5.70 Å². The fraction of sp³-hybridized carbons (Fsp3) is 0.706. The summed E-state index contributed by atoms with van der Waals surface area (Å²) in [6.07, 6.45) is -0.190. The molecule has 152 valence electrons. The number of hydrogen-bond donors (Lipinski definition) is 3. The van der Waals surface area contributed by atoms with Gasteiger partial charge in [-0.3, -0.25) is 9.59 Å². The van der Waals surface area contributed by atoms with Crippen LogP contribution in [0.3, 0.4) is 0 Å². The minimum atomic E-state index is -1.12. The summed E-state index contributed by atoms with van der Waals surface area (Å²) in [7, 11) is 3.42. The molecule has 0 saturated carbocycles. The third-order valence-electron chi connectivity index (χ3n) is 5.43. The Bertz CT molecular complexity index is 680. The second-order valence-electron chi connectivity index (χ2n) is 7.44. The van der Waals surface area contributed by atoms with E-state index in [1.54, 1.807) is 25.9 Å². The van der Waals surface area contributed by atoms with E-state index in [9.17, 15) is 24.6 Å². The van der Waals surface area contributed by atoms with Crippen LogP contribution in [0.15, 0.2) is 10.6 Å². The van der Waals surface area contributed by atoms with Crippen molar-refractivity contribution in [3.05, 3.63) is 10.6 Å². The van der Waals surface area contributed by atoms with Crippen LogP contribution in [-0.4, -0.2) is 87.4 Å². The number of nitrogens with one attached hydrogen (secondary N) is 1. The maximum Gasteiger partial charge on any atom is 0.353 e. The molecule has 0 radical (unpaired) electrons. The second-order valence-corrected chi connectivity index (χ2v) is 8.78. The van der Waals surface area contributed by atoms with Crippen molar-refractivity contribution in [2.75, 3.05) is 20.6 Å². The van der Waals surface area contributed by atoms with Crippen molar-refractivity contribution >= 4 is 29.5 Å². The Labute approximate surface area is 162 Å². The van der Waals surface area contributed by atoms with Gasteiger partial charge in [0.05, 0.1) is 24.1 Å². The van der Waals surface area contributed by atoms with E-state index in [1.807, 2.05) is 6.92 Å². The van der Waals surface area contributed by atoms with Gasteiger partial charge in [-0.25, -0.2) is 4.79 Å². The summed E-state index contributed by atoms with van der Waals surface area (Å²) in [5, 5.41) is 22.8. The minimum Gasteiger partial charge on any atom is -0.477 e. The minimum absolute atomic E-state index is 0. The van der Waals surface area contributed by atoms with Gasteiger partial charge in [0.25, 0.3) is 0 Å². The molecule has 3 aliphatic heterocycles. The number of thioether (sulfide) groups is 1. The highest BCUT2D eigenvalue weighted by atomic mass is 32.2. The van der Waals surface area contributed by atoms with Crippen LogP contribution >= 0.6 is 11.8 Å². The molecule has 3 rings (SSSR count). The number of carboxylic acid groups (broad SMARTS) is 1. The second kappa shape index (κ2) is 7.78. The van der Waals surface area contributed by atoms with Crippen LogP contribution in [-0.2, 0) is 14.4 Å². The lowest BCUT2D eigenvalue weighted by molar-refractivity contribution is -0.163. The van der Waals surface area contributed by atoms with Crippen LogP contribution < -0.4 is 5.32 Å². The highest BCUT2D eigenvalue weighted by molar-refractivity contribution is 8.03. The summed E-state index contributed by atoms with van der Waals surface area (Å²) in [6.45, 7) is 4.08. The Kier molecular flexibility index (Phi) is 6.25. The van der Waals surface area contributed by atoms with Gasteiger partial charge in [-0.2, -0.15) is 0 Å². The van der Waals surface area contributed by atoms with Crippen LogP contribution in [0.1, 0.15) is 20.3 Å². The molecule has 5 N–H and O–H groups in total. The number of hydrogen-bond acceptors (Lipinski definition) is 6. The summed E-state index contributed by atoms with van der Waals surface area (Å²) in [5.41, 5.74) is 0.0387. The van der Waals surface area contributed by atoms with E-state index in [-0.39, 0.29) is 46.2 Å². The van der Waals surface area contributed by atoms with Crippen molar-refractivity contribution in [1.29, 1.82) is 0 Å². The molecule has 1 unspecified atom stereocenters. The largest absolute Gasteiger partial charge is 0.477 e. The fourth-order valence-electron chi connectivity index (χ4n) is 4.15. The Balaban J connectivity index is 0.00000261. The summed E-state index contributed by atoms with van der Waals surface area (Å²) < 4.78 is 0. The number of nitrogens with zero attached hydrogens (tertiary/aromatic N) is 2. The van der Waals surface area contributed by atoms with E-state index in [0.29, 0.717) is 17.9 Å². The Morgan fingerprint density at radius 2 is 2.00 bits per heavy atom. The van der Waals surface area contributed by atoms with E-state index in [1.165, 1.54) is 16.7 Å². The lowest BCUT2D eigenvalue weighted by atomic mass is 9.79. The van der Waals surface area contributed by atoms with E-state index >= 15 is 0 Å². The molecule has 9 nitrogen and oxygen atoms in total. The van der Waals surface area contributed by atoms with Crippen LogP contribution in [0.2, 0.25) is 0 Å². The van der Waals surface area contributed by atoms with Crippen molar-refractivity contribution in [2.24, 2.45) is 11.8 Å². The van der Waals surface area contributed by atoms with Gasteiger partial charge in [0.15, 0.2) is 0 Å². The van der Waals surface area contributed by atoms with Gasteiger partial charge in [0.2, 0.25) is 11.8 Å². The monoisotopic (exact) mass is 401 g/mol. The molecule has 2 saturated heterocycles. The summed E-state index contributed by atoms with van der Waals surface area (Å²) in [5.74, 6) is -2.14. The maximum absolute atomic E-state index is 12.3. The number of aliphatic hydroxyl groups is 1.